The van der Waals surface area contributed by atoms with Crippen molar-refractivity contribution >= 4 is 11.9 Å². The van der Waals surface area contributed by atoms with Gasteiger partial charge < -0.3 is 10.0 Å². The maximum atomic E-state index is 13.0. The monoisotopic (exact) mass is 265 g/mol. The van der Waals surface area contributed by atoms with Crippen molar-refractivity contribution < 1.29 is 19.1 Å². The van der Waals surface area contributed by atoms with Gasteiger partial charge in [-0.3, -0.25) is 9.59 Å². The number of rotatable bonds is 4. The largest absolute Gasteiger partial charge is 0.481 e. The van der Waals surface area contributed by atoms with Crippen LogP contribution in [0, 0.1) is 11.7 Å². The summed E-state index contributed by atoms with van der Waals surface area (Å²) in [6.07, 6.45) is 0.771. The topological polar surface area (TPSA) is 57.6 Å². The van der Waals surface area contributed by atoms with E-state index in [1.54, 1.807) is 17.0 Å². The van der Waals surface area contributed by atoms with Crippen LogP contribution in [0.4, 0.5) is 4.39 Å². The van der Waals surface area contributed by atoms with Crippen molar-refractivity contribution in [2.75, 3.05) is 6.54 Å². The molecule has 1 aliphatic heterocycles. The smallest absolute Gasteiger partial charge is 0.309 e. The number of aliphatic carboxylic acids is 1. The third-order valence-electron chi connectivity index (χ3n) is 3.43. The molecular weight excluding hydrogens is 249 g/mol. The second kappa shape index (κ2) is 5.38. The summed E-state index contributed by atoms with van der Waals surface area (Å²) in [6, 6.07) is 5.20. The Morgan fingerprint density at radius 2 is 2.05 bits per heavy atom. The predicted molar refractivity (Wildman–Crippen MR) is 66.9 cm³/mol. The molecule has 4 nitrogen and oxygen atoms in total. The molecular formula is C14H16FNO3. The van der Waals surface area contributed by atoms with Gasteiger partial charge in [-0.05, 0) is 24.1 Å². The maximum Gasteiger partial charge on any atom is 0.309 e. The fraction of sp³-hybridized carbons (Fsp3) is 0.429. The number of likely N-dealkylation sites (tertiary alicyclic amines) is 1. The highest BCUT2D eigenvalue weighted by Gasteiger charge is 2.44. The first-order valence-corrected chi connectivity index (χ1v) is 6.32. The van der Waals surface area contributed by atoms with Crippen molar-refractivity contribution in [2.24, 2.45) is 5.92 Å². The van der Waals surface area contributed by atoms with Gasteiger partial charge in [-0.2, -0.15) is 0 Å². The average molecular weight is 265 g/mol. The molecule has 1 aromatic rings. The number of amides is 1. The molecule has 0 radical (unpaired) electrons. The van der Waals surface area contributed by atoms with E-state index in [2.05, 4.69) is 0 Å². The number of hydrogen-bond acceptors (Lipinski definition) is 2. The molecule has 19 heavy (non-hydrogen) atoms. The van der Waals surface area contributed by atoms with Crippen LogP contribution in [-0.4, -0.2) is 28.4 Å². The van der Waals surface area contributed by atoms with E-state index in [-0.39, 0.29) is 18.1 Å². The quantitative estimate of drug-likeness (QED) is 0.908. The van der Waals surface area contributed by atoms with Crippen molar-refractivity contribution in [1.82, 2.24) is 4.90 Å². The lowest BCUT2D eigenvalue weighted by Gasteiger charge is -2.27. The van der Waals surface area contributed by atoms with Crippen LogP contribution in [0.3, 0.4) is 0 Å². The van der Waals surface area contributed by atoms with E-state index < -0.39 is 17.9 Å². The van der Waals surface area contributed by atoms with E-state index in [0.717, 1.165) is 6.42 Å². The second-order valence-corrected chi connectivity index (χ2v) is 4.73. The Labute approximate surface area is 110 Å². The third kappa shape index (κ3) is 2.59. The Morgan fingerprint density at radius 1 is 1.42 bits per heavy atom. The Hall–Kier alpha value is -1.91. The molecule has 0 aromatic heterocycles. The van der Waals surface area contributed by atoms with Crippen molar-refractivity contribution in [3.8, 4) is 0 Å². The predicted octanol–water partition coefficient (Wildman–Crippen LogP) is 2.21. The highest BCUT2D eigenvalue weighted by molar-refractivity contribution is 5.87. The van der Waals surface area contributed by atoms with Gasteiger partial charge in [0.05, 0.1) is 12.0 Å². The lowest BCUT2D eigenvalue weighted by atomic mass is 9.93. The standard InChI is InChI=1S/C14H16FNO3/c1-2-7-16-12(17)8-11(14(18)19)13(16)9-3-5-10(15)6-4-9/h3-6,11,13H,2,7-8H2,1H3,(H,18,19). The van der Waals surface area contributed by atoms with Crippen LogP contribution in [0.2, 0.25) is 0 Å². The summed E-state index contributed by atoms with van der Waals surface area (Å²) in [5, 5.41) is 9.25. The number of carboxylic acid groups (broad SMARTS) is 1. The van der Waals surface area contributed by atoms with Crippen LogP contribution < -0.4 is 0 Å². The molecule has 1 heterocycles. The fourth-order valence-electron chi connectivity index (χ4n) is 2.59. The summed E-state index contributed by atoms with van der Waals surface area (Å²) in [6.45, 7) is 2.45. The van der Waals surface area contributed by atoms with Gasteiger partial charge in [0.2, 0.25) is 5.91 Å². The molecule has 2 rings (SSSR count). The molecule has 0 saturated carbocycles. The van der Waals surface area contributed by atoms with E-state index >= 15 is 0 Å². The highest BCUT2D eigenvalue weighted by atomic mass is 19.1. The maximum absolute atomic E-state index is 13.0. The van der Waals surface area contributed by atoms with Gasteiger partial charge in [0.15, 0.2) is 0 Å². The van der Waals surface area contributed by atoms with E-state index in [0.29, 0.717) is 12.1 Å². The molecule has 1 aliphatic rings. The zero-order valence-electron chi connectivity index (χ0n) is 10.7. The zero-order valence-corrected chi connectivity index (χ0v) is 10.7. The van der Waals surface area contributed by atoms with Crippen molar-refractivity contribution in [2.45, 2.75) is 25.8 Å². The Bertz CT molecular complexity index is 486. The fourth-order valence-corrected chi connectivity index (χ4v) is 2.59. The molecule has 2 atom stereocenters. The van der Waals surface area contributed by atoms with E-state index in [1.807, 2.05) is 6.92 Å². The first-order valence-electron chi connectivity index (χ1n) is 6.32. The SMILES string of the molecule is CCCN1C(=O)CC(C(=O)O)C1c1ccc(F)cc1. The minimum atomic E-state index is -0.985. The number of carbonyl (C=O) groups is 2. The van der Waals surface area contributed by atoms with Gasteiger partial charge in [0.1, 0.15) is 5.82 Å². The summed E-state index contributed by atoms with van der Waals surface area (Å²) in [5.41, 5.74) is 0.674. The molecule has 0 aliphatic carbocycles. The van der Waals surface area contributed by atoms with Crippen molar-refractivity contribution in [3.63, 3.8) is 0 Å². The molecule has 2 unspecified atom stereocenters. The average Bonchev–Trinajstić information content (AvgIpc) is 2.69. The van der Waals surface area contributed by atoms with Gasteiger partial charge in [-0.15, -0.1) is 0 Å². The molecule has 0 spiro atoms. The van der Waals surface area contributed by atoms with E-state index in [1.165, 1.54) is 12.1 Å². The highest BCUT2D eigenvalue weighted by Crippen LogP contribution is 2.38. The van der Waals surface area contributed by atoms with E-state index in [9.17, 15) is 19.1 Å². The normalized spacial score (nSPS) is 22.8. The van der Waals surface area contributed by atoms with Crippen LogP contribution >= 0.6 is 0 Å². The number of hydrogen-bond donors (Lipinski definition) is 1. The molecule has 1 fully saturated rings. The number of halogens is 1. The molecule has 102 valence electrons. The van der Waals surface area contributed by atoms with Crippen molar-refractivity contribution in [1.29, 1.82) is 0 Å². The lowest BCUT2D eigenvalue weighted by molar-refractivity contribution is -0.142. The second-order valence-electron chi connectivity index (χ2n) is 4.73. The van der Waals surface area contributed by atoms with Crippen LogP contribution in [0.25, 0.3) is 0 Å². The summed E-state index contributed by atoms with van der Waals surface area (Å²) in [7, 11) is 0. The Balaban J connectivity index is 2.37. The molecule has 1 amide bonds. The van der Waals surface area contributed by atoms with Crippen molar-refractivity contribution in [3.05, 3.63) is 35.6 Å². The first-order chi connectivity index (χ1) is 9.04. The number of benzene rings is 1. The van der Waals surface area contributed by atoms with E-state index in [4.69, 9.17) is 0 Å². The molecule has 5 heteroatoms. The van der Waals surface area contributed by atoms with Gasteiger partial charge in [-0.25, -0.2) is 4.39 Å². The number of carbonyl (C=O) groups excluding carboxylic acids is 1. The number of nitrogens with zero attached hydrogens (tertiary/aromatic N) is 1. The summed E-state index contributed by atoms with van der Waals surface area (Å²) in [5.74, 6) is -2.27. The van der Waals surface area contributed by atoms with Crippen LogP contribution in [0.1, 0.15) is 31.4 Å². The lowest BCUT2D eigenvalue weighted by Crippen LogP contribution is -2.31. The molecule has 1 aromatic carbocycles. The Kier molecular flexibility index (Phi) is 3.83. The number of carboxylic acids is 1. The minimum Gasteiger partial charge on any atom is -0.481 e. The van der Waals surface area contributed by atoms with Crippen LogP contribution in [0.5, 0.6) is 0 Å². The summed E-state index contributed by atoms with van der Waals surface area (Å²) < 4.78 is 13.0. The minimum absolute atomic E-state index is 0.0113. The Morgan fingerprint density at radius 3 is 2.58 bits per heavy atom. The summed E-state index contributed by atoms with van der Waals surface area (Å²) >= 11 is 0. The molecule has 1 saturated heterocycles. The van der Waals surface area contributed by atoms with Crippen LogP contribution in [0.15, 0.2) is 24.3 Å². The summed E-state index contributed by atoms with van der Waals surface area (Å²) in [4.78, 5) is 24.8. The first kappa shape index (κ1) is 13.5. The molecule has 0 bridgehead atoms. The van der Waals surface area contributed by atoms with Gasteiger partial charge in [-0.1, -0.05) is 19.1 Å². The molecule has 1 N–H and O–H groups in total. The van der Waals surface area contributed by atoms with Gasteiger partial charge in [0, 0.05) is 13.0 Å². The third-order valence-corrected chi connectivity index (χ3v) is 3.43. The zero-order chi connectivity index (χ0) is 14.0. The van der Waals surface area contributed by atoms with Gasteiger partial charge >= 0.3 is 5.97 Å². The van der Waals surface area contributed by atoms with Crippen LogP contribution in [-0.2, 0) is 9.59 Å². The van der Waals surface area contributed by atoms with Gasteiger partial charge in [0.25, 0.3) is 0 Å².